The Morgan fingerprint density at radius 2 is 2.29 bits per heavy atom. The van der Waals surface area contributed by atoms with Gasteiger partial charge in [-0.2, -0.15) is 0 Å². The molecule has 0 radical (unpaired) electrons. The quantitative estimate of drug-likeness (QED) is 0.737. The van der Waals surface area contributed by atoms with Crippen LogP contribution in [-0.4, -0.2) is 30.2 Å². The second kappa shape index (κ2) is 4.17. The molecule has 3 heteroatoms. The Bertz CT molecular complexity index is 195. The van der Waals surface area contributed by atoms with Gasteiger partial charge in [-0.05, 0) is 19.3 Å². The third-order valence-electron chi connectivity index (χ3n) is 3.53. The van der Waals surface area contributed by atoms with E-state index in [9.17, 15) is 0 Å². The molecular formula is C11H20O3. The first-order valence-corrected chi connectivity index (χ1v) is 5.73. The van der Waals surface area contributed by atoms with Crippen LogP contribution in [0.25, 0.3) is 0 Å². The van der Waals surface area contributed by atoms with Crippen LogP contribution in [0.5, 0.6) is 0 Å². The predicted octanol–water partition coefficient (Wildman–Crippen LogP) is 1.69. The van der Waals surface area contributed by atoms with Crippen LogP contribution in [-0.2, 0) is 9.47 Å². The summed E-state index contributed by atoms with van der Waals surface area (Å²) in [6, 6.07) is 0. The van der Waals surface area contributed by atoms with E-state index >= 15 is 0 Å². The summed E-state index contributed by atoms with van der Waals surface area (Å²) in [6.45, 7) is 2.84. The van der Waals surface area contributed by atoms with Crippen molar-refractivity contribution in [3.63, 3.8) is 0 Å². The summed E-state index contributed by atoms with van der Waals surface area (Å²) < 4.78 is 11.7. The van der Waals surface area contributed by atoms with Gasteiger partial charge in [0, 0.05) is 12.3 Å². The third-order valence-corrected chi connectivity index (χ3v) is 3.53. The Hall–Kier alpha value is -0.120. The predicted molar refractivity (Wildman–Crippen MR) is 52.9 cm³/mol. The second-order valence-electron chi connectivity index (χ2n) is 4.40. The zero-order valence-corrected chi connectivity index (χ0v) is 8.87. The maximum Gasteiger partial charge on any atom is 0.171 e. The fraction of sp³-hybridized carbons (Fsp3) is 1.00. The summed E-state index contributed by atoms with van der Waals surface area (Å²) in [5.41, 5.74) is 0. The van der Waals surface area contributed by atoms with E-state index in [-0.39, 0.29) is 18.5 Å². The molecular weight excluding hydrogens is 180 g/mol. The van der Waals surface area contributed by atoms with Crippen molar-refractivity contribution in [3.05, 3.63) is 0 Å². The largest absolute Gasteiger partial charge is 0.394 e. The molecule has 0 aromatic carbocycles. The molecule has 0 aromatic rings. The summed E-state index contributed by atoms with van der Waals surface area (Å²) in [7, 11) is 0. The van der Waals surface area contributed by atoms with Gasteiger partial charge in [0.25, 0.3) is 0 Å². The first-order chi connectivity index (χ1) is 6.80. The topological polar surface area (TPSA) is 38.7 Å². The number of hydrogen-bond acceptors (Lipinski definition) is 3. The lowest BCUT2D eigenvalue weighted by Crippen LogP contribution is -2.42. The van der Waals surface area contributed by atoms with Crippen LogP contribution in [0, 0.1) is 5.92 Å². The highest BCUT2D eigenvalue weighted by Crippen LogP contribution is 2.43. The van der Waals surface area contributed by atoms with E-state index in [1.165, 1.54) is 19.3 Å². The highest BCUT2D eigenvalue weighted by Gasteiger charge is 2.47. The summed E-state index contributed by atoms with van der Waals surface area (Å²) in [5, 5.41) is 9.03. The number of rotatable bonds is 2. The fourth-order valence-corrected chi connectivity index (χ4v) is 2.72. The van der Waals surface area contributed by atoms with Crippen molar-refractivity contribution in [1.82, 2.24) is 0 Å². The summed E-state index contributed by atoms with van der Waals surface area (Å²) >= 11 is 0. The van der Waals surface area contributed by atoms with Crippen LogP contribution < -0.4 is 0 Å². The highest BCUT2D eigenvalue weighted by atomic mass is 16.7. The minimum atomic E-state index is -0.347. The zero-order chi connectivity index (χ0) is 10.0. The zero-order valence-electron chi connectivity index (χ0n) is 8.87. The van der Waals surface area contributed by atoms with Crippen LogP contribution in [0.2, 0.25) is 0 Å². The molecule has 1 heterocycles. The van der Waals surface area contributed by atoms with Gasteiger partial charge in [0.15, 0.2) is 5.79 Å². The Morgan fingerprint density at radius 3 is 2.93 bits per heavy atom. The van der Waals surface area contributed by atoms with Gasteiger partial charge in [-0.3, -0.25) is 0 Å². The van der Waals surface area contributed by atoms with Gasteiger partial charge in [0.05, 0.1) is 13.2 Å². The van der Waals surface area contributed by atoms with Gasteiger partial charge in [-0.1, -0.05) is 13.3 Å². The maximum absolute atomic E-state index is 9.03. The average molecular weight is 200 g/mol. The highest BCUT2D eigenvalue weighted by molar-refractivity contribution is 4.88. The van der Waals surface area contributed by atoms with E-state index < -0.39 is 0 Å². The molecule has 14 heavy (non-hydrogen) atoms. The molecule has 0 amide bonds. The second-order valence-corrected chi connectivity index (χ2v) is 4.40. The van der Waals surface area contributed by atoms with Crippen molar-refractivity contribution in [3.8, 4) is 0 Å². The molecule has 2 fully saturated rings. The Morgan fingerprint density at radius 1 is 1.43 bits per heavy atom. The van der Waals surface area contributed by atoms with Crippen LogP contribution in [0.1, 0.15) is 39.0 Å². The molecule has 1 saturated carbocycles. The monoisotopic (exact) mass is 200 g/mol. The van der Waals surface area contributed by atoms with Gasteiger partial charge >= 0.3 is 0 Å². The molecule has 0 aromatic heterocycles. The minimum absolute atomic E-state index is 0.0815. The molecule has 82 valence electrons. The van der Waals surface area contributed by atoms with Crippen molar-refractivity contribution in [1.29, 1.82) is 0 Å². The van der Waals surface area contributed by atoms with Crippen molar-refractivity contribution < 1.29 is 14.6 Å². The lowest BCUT2D eigenvalue weighted by molar-refractivity contribution is -0.224. The first kappa shape index (κ1) is 10.4. The molecule has 1 saturated heterocycles. The number of ether oxygens (including phenoxy) is 2. The van der Waals surface area contributed by atoms with Crippen molar-refractivity contribution in [2.45, 2.75) is 50.9 Å². The van der Waals surface area contributed by atoms with E-state index in [1.54, 1.807) is 0 Å². The van der Waals surface area contributed by atoms with Gasteiger partial charge in [0.2, 0.25) is 0 Å². The van der Waals surface area contributed by atoms with E-state index in [0.717, 1.165) is 12.8 Å². The van der Waals surface area contributed by atoms with Crippen LogP contribution in [0.15, 0.2) is 0 Å². The normalized spacial score (nSPS) is 43.3. The Kier molecular flexibility index (Phi) is 3.10. The molecule has 1 spiro atoms. The standard InChI is InChI=1S/C11H20O3/c1-2-9-5-3-4-6-11(9)13-8-10(7-12)14-11/h9-10,12H,2-8H2,1H3. The van der Waals surface area contributed by atoms with Crippen LogP contribution in [0.3, 0.4) is 0 Å². The Balaban J connectivity index is 2.05. The minimum Gasteiger partial charge on any atom is -0.394 e. The van der Waals surface area contributed by atoms with Crippen LogP contribution in [0.4, 0.5) is 0 Å². The summed E-state index contributed by atoms with van der Waals surface area (Å²) in [6.07, 6.45) is 5.70. The van der Waals surface area contributed by atoms with E-state index in [0.29, 0.717) is 12.5 Å². The SMILES string of the molecule is CCC1CCCCC12OCC(CO)O2. The molecule has 1 N–H and O–H groups in total. The first-order valence-electron chi connectivity index (χ1n) is 5.73. The van der Waals surface area contributed by atoms with Crippen molar-refractivity contribution in [2.75, 3.05) is 13.2 Å². The van der Waals surface area contributed by atoms with Crippen molar-refractivity contribution in [2.24, 2.45) is 5.92 Å². The molecule has 1 aliphatic heterocycles. The summed E-state index contributed by atoms with van der Waals surface area (Å²) in [5.74, 6) is 0.174. The third kappa shape index (κ3) is 1.69. The van der Waals surface area contributed by atoms with Gasteiger partial charge < -0.3 is 14.6 Å². The number of aliphatic hydroxyl groups excluding tert-OH is 1. The van der Waals surface area contributed by atoms with E-state index in [1.807, 2.05) is 0 Å². The smallest absolute Gasteiger partial charge is 0.171 e. The Labute approximate surface area is 85.4 Å². The lowest BCUT2D eigenvalue weighted by atomic mass is 9.81. The van der Waals surface area contributed by atoms with Gasteiger partial charge in [-0.25, -0.2) is 0 Å². The van der Waals surface area contributed by atoms with Gasteiger partial charge in [-0.15, -0.1) is 0 Å². The van der Waals surface area contributed by atoms with Gasteiger partial charge in [0.1, 0.15) is 6.10 Å². The average Bonchev–Trinajstić information content (AvgIpc) is 2.63. The lowest BCUT2D eigenvalue weighted by Gasteiger charge is -2.39. The summed E-state index contributed by atoms with van der Waals surface area (Å²) in [4.78, 5) is 0. The molecule has 3 unspecified atom stereocenters. The van der Waals surface area contributed by atoms with E-state index in [4.69, 9.17) is 14.6 Å². The molecule has 3 nitrogen and oxygen atoms in total. The molecule has 0 bridgehead atoms. The number of aliphatic hydroxyl groups is 1. The number of hydrogen-bond donors (Lipinski definition) is 1. The maximum atomic E-state index is 9.03. The van der Waals surface area contributed by atoms with Crippen molar-refractivity contribution >= 4 is 0 Å². The van der Waals surface area contributed by atoms with Crippen LogP contribution >= 0.6 is 0 Å². The molecule has 2 rings (SSSR count). The molecule has 3 atom stereocenters. The molecule has 1 aliphatic carbocycles. The molecule has 2 aliphatic rings. The fourth-order valence-electron chi connectivity index (χ4n) is 2.72. The van der Waals surface area contributed by atoms with E-state index in [2.05, 4.69) is 6.92 Å².